The molecule has 0 unspecified atom stereocenters. The van der Waals surface area contributed by atoms with E-state index in [1.54, 1.807) is 13.8 Å². The van der Waals surface area contributed by atoms with Gasteiger partial charge in [-0.25, -0.2) is 4.79 Å². The molecule has 21 heavy (non-hydrogen) atoms. The molecule has 0 bridgehead atoms. The molecule has 3 N–H and O–H groups in total. The highest BCUT2D eigenvalue weighted by molar-refractivity contribution is 5.94. The lowest BCUT2D eigenvalue weighted by Gasteiger charge is -2.21. The molecule has 0 fully saturated rings. The van der Waals surface area contributed by atoms with Gasteiger partial charge < -0.3 is 15.2 Å². The van der Waals surface area contributed by atoms with Gasteiger partial charge in [0.05, 0.1) is 19.6 Å². The van der Waals surface area contributed by atoms with E-state index in [-0.39, 0.29) is 19.4 Å². The smallest absolute Gasteiger partial charge is 0.321 e. The number of carbonyl (C=O) groups is 3. The van der Waals surface area contributed by atoms with Gasteiger partial charge >= 0.3 is 12.0 Å². The molecule has 0 aliphatic rings. The van der Waals surface area contributed by atoms with Crippen LogP contribution in [-0.4, -0.2) is 42.8 Å². The summed E-state index contributed by atoms with van der Waals surface area (Å²) in [5.74, 6) is -1.49. The van der Waals surface area contributed by atoms with Crippen LogP contribution in [0, 0.1) is 5.41 Å². The van der Waals surface area contributed by atoms with E-state index in [4.69, 9.17) is 9.84 Å². The Morgan fingerprint density at radius 2 is 1.86 bits per heavy atom. The molecule has 0 atom stereocenters. The molecule has 0 spiro atoms. The van der Waals surface area contributed by atoms with Crippen molar-refractivity contribution in [2.24, 2.45) is 5.41 Å². The quantitative estimate of drug-likeness (QED) is 0.440. The Balaban J connectivity index is 3.91. The molecule has 0 rings (SSSR count). The highest BCUT2D eigenvalue weighted by atomic mass is 16.5. The van der Waals surface area contributed by atoms with E-state index in [0.717, 1.165) is 5.57 Å². The maximum absolute atomic E-state index is 11.6. The fourth-order valence-electron chi connectivity index (χ4n) is 1.60. The number of ether oxygens (including phenoxy) is 1. The van der Waals surface area contributed by atoms with Crippen molar-refractivity contribution < 1.29 is 24.2 Å². The summed E-state index contributed by atoms with van der Waals surface area (Å²) >= 11 is 0. The summed E-state index contributed by atoms with van der Waals surface area (Å²) in [7, 11) is 0. The molecule has 0 heterocycles. The van der Waals surface area contributed by atoms with Gasteiger partial charge in [-0.3, -0.25) is 14.9 Å². The standard InChI is InChI=1S/C14H24N2O5/c1-10(2)9-21-6-5-15-13(20)16-11(17)7-14(3,4)8-12(18)19/h1,5-9H2,2-4H3,(H,18,19)(H2,15,16,17,20). The Bertz CT molecular complexity index is 404. The molecule has 0 saturated heterocycles. The summed E-state index contributed by atoms with van der Waals surface area (Å²) in [5, 5.41) is 13.3. The second-order valence-electron chi connectivity index (χ2n) is 5.73. The average Bonchev–Trinajstić information content (AvgIpc) is 2.24. The van der Waals surface area contributed by atoms with Crippen LogP contribution in [0.2, 0.25) is 0 Å². The van der Waals surface area contributed by atoms with E-state index in [9.17, 15) is 14.4 Å². The molecular formula is C14H24N2O5. The Labute approximate surface area is 124 Å². The van der Waals surface area contributed by atoms with Crippen LogP contribution >= 0.6 is 0 Å². The third-order valence-corrected chi connectivity index (χ3v) is 2.40. The van der Waals surface area contributed by atoms with Crippen molar-refractivity contribution in [3.63, 3.8) is 0 Å². The van der Waals surface area contributed by atoms with Crippen molar-refractivity contribution in [1.82, 2.24) is 10.6 Å². The monoisotopic (exact) mass is 300 g/mol. The van der Waals surface area contributed by atoms with Crippen molar-refractivity contribution in [3.05, 3.63) is 12.2 Å². The van der Waals surface area contributed by atoms with Crippen LogP contribution in [0.15, 0.2) is 12.2 Å². The zero-order valence-electron chi connectivity index (χ0n) is 12.8. The van der Waals surface area contributed by atoms with Crippen LogP contribution in [0.3, 0.4) is 0 Å². The predicted molar refractivity (Wildman–Crippen MR) is 77.8 cm³/mol. The fourth-order valence-corrected chi connectivity index (χ4v) is 1.60. The van der Waals surface area contributed by atoms with Gasteiger partial charge in [0.25, 0.3) is 0 Å². The molecule has 0 aromatic rings. The van der Waals surface area contributed by atoms with Gasteiger partial charge in [-0.2, -0.15) is 0 Å². The Hall–Kier alpha value is -1.89. The van der Waals surface area contributed by atoms with Crippen LogP contribution in [0.1, 0.15) is 33.6 Å². The molecule has 0 aliphatic heterocycles. The number of hydrogen-bond acceptors (Lipinski definition) is 4. The minimum absolute atomic E-state index is 0.0428. The predicted octanol–water partition coefficient (Wildman–Crippen LogP) is 1.30. The van der Waals surface area contributed by atoms with Crippen molar-refractivity contribution in [1.29, 1.82) is 0 Å². The zero-order valence-corrected chi connectivity index (χ0v) is 12.8. The largest absolute Gasteiger partial charge is 0.481 e. The van der Waals surface area contributed by atoms with E-state index in [2.05, 4.69) is 17.2 Å². The minimum Gasteiger partial charge on any atom is -0.481 e. The van der Waals surface area contributed by atoms with E-state index < -0.39 is 23.3 Å². The molecule has 0 aromatic carbocycles. The van der Waals surface area contributed by atoms with Gasteiger partial charge in [0, 0.05) is 13.0 Å². The summed E-state index contributed by atoms with van der Waals surface area (Å²) in [5.41, 5.74) is 0.177. The van der Waals surface area contributed by atoms with Gasteiger partial charge in [0.2, 0.25) is 5.91 Å². The molecule has 7 nitrogen and oxygen atoms in total. The molecule has 0 aromatic heterocycles. The van der Waals surface area contributed by atoms with Crippen molar-refractivity contribution in [2.45, 2.75) is 33.6 Å². The van der Waals surface area contributed by atoms with Crippen molar-refractivity contribution in [3.8, 4) is 0 Å². The number of rotatable bonds is 9. The SMILES string of the molecule is C=C(C)COCCNC(=O)NC(=O)CC(C)(C)CC(=O)O. The first-order valence-corrected chi connectivity index (χ1v) is 6.64. The van der Waals surface area contributed by atoms with Crippen LogP contribution in [0.4, 0.5) is 4.79 Å². The Morgan fingerprint density at radius 3 is 2.38 bits per heavy atom. The van der Waals surface area contributed by atoms with Gasteiger partial charge in [-0.05, 0) is 12.3 Å². The summed E-state index contributed by atoms with van der Waals surface area (Å²) in [6.07, 6.45) is -0.185. The zero-order chi connectivity index (χ0) is 16.5. The van der Waals surface area contributed by atoms with Crippen LogP contribution in [0.25, 0.3) is 0 Å². The molecular weight excluding hydrogens is 276 g/mol. The maximum Gasteiger partial charge on any atom is 0.321 e. The normalized spacial score (nSPS) is 10.8. The average molecular weight is 300 g/mol. The highest BCUT2D eigenvalue weighted by Gasteiger charge is 2.25. The van der Waals surface area contributed by atoms with Crippen molar-refractivity contribution >= 4 is 17.9 Å². The number of carboxylic acid groups (broad SMARTS) is 1. The first-order valence-electron chi connectivity index (χ1n) is 6.64. The lowest BCUT2D eigenvalue weighted by Crippen LogP contribution is -2.42. The lowest BCUT2D eigenvalue weighted by molar-refractivity contribution is -0.139. The van der Waals surface area contributed by atoms with Gasteiger partial charge in [0.15, 0.2) is 0 Å². The number of amides is 3. The molecule has 0 radical (unpaired) electrons. The van der Waals surface area contributed by atoms with E-state index in [1.165, 1.54) is 0 Å². The van der Waals surface area contributed by atoms with E-state index in [0.29, 0.717) is 13.2 Å². The molecule has 3 amide bonds. The molecule has 0 aliphatic carbocycles. The third-order valence-electron chi connectivity index (χ3n) is 2.40. The van der Waals surface area contributed by atoms with Gasteiger partial charge in [0.1, 0.15) is 0 Å². The summed E-state index contributed by atoms with van der Waals surface area (Å²) < 4.78 is 5.18. The number of carboxylic acids is 1. The highest BCUT2D eigenvalue weighted by Crippen LogP contribution is 2.24. The first-order chi connectivity index (χ1) is 9.62. The minimum atomic E-state index is -0.980. The number of hydrogen-bond donors (Lipinski definition) is 3. The number of urea groups is 1. The van der Waals surface area contributed by atoms with Gasteiger partial charge in [-0.1, -0.05) is 26.0 Å². The number of imide groups is 1. The Kier molecular flexibility index (Phi) is 8.30. The third kappa shape index (κ3) is 11.6. The molecule has 0 saturated carbocycles. The number of aliphatic carboxylic acids is 1. The fraction of sp³-hybridized carbons (Fsp3) is 0.643. The summed E-state index contributed by atoms with van der Waals surface area (Å²) in [4.78, 5) is 33.7. The molecule has 120 valence electrons. The van der Waals surface area contributed by atoms with Crippen molar-refractivity contribution in [2.75, 3.05) is 19.8 Å². The first kappa shape index (κ1) is 19.1. The lowest BCUT2D eigenvalue weighted by atomic mass is 9.85. The maximum atomic E-state index is 11.6. The van der Waals surface area contributed by atoms with Gasteiger partial charge in [-0.15, -0.1) is 0 Å². The van der Waals surface area contributed by atoms with Crippen LogP contribution in [0.5, 0.6) is 0 Å². The number of carbonyl (C=O) groups excluding carboxylic acids is 2. The van der Waals surface area contributed by atoms with Crippen LogP contribution < -0.4 is 10.6 Å². The second-order valence-corrected chi connectivity index (χ2v) is 5.73. The summed E-state index contributed by atoms with van der Waals surface area (Å²) in [6.45, 7) is 9.82. The van der Waals surface area contributed by atoms with Crippen LogP contribution in [-0.2, 0) is 14.3 Å². The van der Waals surface area contributed by atoms with E-state index >= 15 is 0 Å². The summed E-state index contributed by atoms with van der Waals surface area (Å²) in [6, 6.07) is -0.620. The number of nitrogens with one attached hydrogen (secondary N) is 2. The second kappa shape index (κ2) is 9.12. The van der Waals surface area contributed by atoms with E-state index in [1.807, 2.05) is 6.92 Å². The molecule has 7 heteroatoms. The topological polar surface area (TPSA) is 105 Å². The Morgan fingerprint density at radius 1 is 1.24 bits per heavy atom.